The van der Waals surface area contributed by atoms with Gasteiger partial charge in [0.05, 0.1) is 18.2 Å². The van der Waals surface area contributed by atoms with Gasteiger partial charge in [-0.05, 0) is 13.3 Å². The van der Waals surface area contributed by atoms with Crippen LogP contribution >= 0.6 is 0 Å². The first-order valence-corrected chi connectivity index (χ1v) is 8.23. The van der Waals surface area contributed by atoms with Crippen molar-refractivity contribution in [3.63, 3.8) is 0 Å². The maximum absolute atomic E-state index is 13.1. The van der Waals surface area contributed by atoms with Crippen LogP contribution in [0.5, 0.6) is 0 Å². The van der Waals surface area contributed by atoms with E-state index in [0.29, 0.717) is 18.9 Å². The number of aryl methyl sites for hydroxylation is 1. The summed E-state index contributed by atoms with van der Waals surface area (Å²) in [5.41, 5.74) is 0.935. The van der Waals surface area contributed by atoms with Gasteiger partial charge >= 0.3 is 0 Å². The van der Waals surface area contributed by atoms with Gasteiger partial charge in [0.25, 0.3) is 0 Å². The van der Waals surface area contributed by atoms with Crippen LogP contribution in [-0.4, -0.2) is 64.1 Å². The van der Waals surface area contributed by atoms with Crippen LogP contribution in [0.1, 0.15) is 31.4 Å². The van der Waals surface area contributed by atoms with Gasteiger partial charge in [-0.2, -0.15) is 5.10 Å². The van der Waals surface area contributed by atoms with E-state index in [1.54, 1.807) is 22.8 Å². The smallest absolute Gasteiger partial charge is 0.228 e. The average Bonchev–Trinajstić information content (AvgIpc) is 2.95. The van der Waals surface area contributed by atoms with Gasteiger partial charge in [-0.15, -0.1) is 0 Å². The highest BCUT2D eigenvalue weighted by atomic mass is 16.2. The first kappa shape index (κ1) is 16.0. The van der Waals surface area contributed by atoms with Crippen LogP contribution in [0.25, 0.3) is 0 Å². The maximum Gasteiger partial charge on any atom is 0.228 e. The average molecular weight is 319 g/mol. The summed E-state index contributed by atoms with van der Waals surface area (Å²) >= 11 is 0. The lowest BCUT2D eigenvalue weighted by Crippen LogP contribution is -2.55. The maximum atomic E-state index is 13.1. The van der Waals surface area contributed by atoms with Crippen molar-refractivity contribution in [2.24, 2.45) is 13.0 Å². The van der Waals surface area contributed by atoms with Crippen LogP contribution in [0, 0.1) is 5.92 Å². The number of nitrogens with zero attached hydrogens (tertiary/aromatic N) is 4. The Morgan fingerprint density at radius 2 is 2.17 bits per heavy atom. The number of hydrogen-bond donors (Lipinski definition) is 1. The molecule has 0 spiro atoms. The van der Waals surface area contributed by atoms with Gasteiger partial charge < -0.3 is 15.1 Å². The van der Waals surface area contributed by atoms with Crippen molar-refractivity contribution in [3.8, 4) is 0 Å². The van der Waals surface area contributed by atoms with Crippen LogP contribution in [-0.2, 0) is 16.6 Å². The molecule has 7 nitrogen and oxygen atoms in total. The van der Waals surface area contributed by atoms with Gasteiger partial charge in [0.2, 0.25) is 11.8 Å². The number of aromatic nitrogens is 2. The SMILES string of the molecule is C[C@@H]1CN(C(=O)[C@@H]2CCC(=O)N(C)[C@@H]2c2cnn(C)c2)CCN1. The third-order valence-electron chi connectivity index (χ3n) is 4.92. The second-order valence-corrected chi connectivity index (χ2v) is 6.68. The number of likely N-dealkylation sites (tertiary alicyclic amines) is 1. The van der Waals surface area contributed by atoms with E-state index in [1.165, 1.54) is 0 Å². The molecule has 0 aliphatic carbocycles. The lowest BCUT2D eigenvalue weighted by Gasteiger charge is -2.41. The Balaban J connectivity index is 1.85. The zero-order valence-electron chi connectivity index (χ0n) is 14.0. The van der Waals surface area contributed by atoms with Gasteiger partial charge in [-0.3, -0.25) is 14.3 Å². The molecule has 0 aromatic carbocycles. The molecule has 0 unspecified atom stereocenters. The van der Waals surface area contributed by atoms with Crippen LogP contribution in [0.3, 0.4) is 0 Å². The Kier molecular flexibility index (Phi) is 4.39. The van der Waals surface area contributed by atoms with E-state index in [9.17, 15) is 9.59 Å². The van der Waals surface area contributed by atoms with Crippen LogP contribution < -0.4 is 5.32 Å². The van der Waals surface area contributed by atoms with E-state index in [4.69, 9.17) is 0 Å². The summed E-state index contributed by atoms with van der Waals surface area (Å²) in [7, 11) is 3.64. The second kappa shape index (κ2) is 6.31. The molecule has 1 aromatic rings. The quantitative estimate of drug-likeness (QED) is 0.842. The molecule has 3 atom stereocenters. The molecule has 23 heavy (non-hydrogen) atoms. The Labute approximate surface area is 136 Å². The largest absolute Gasteiger partial charge is 0.340 e. The number of piperidine rings is 1. The van der Waals surface area contributed by atoms with Gasteiger partial charge in [0.1, 0.15) is 0 Å². The molecule has 0 radical (unpaired) electrons. The van der Waals surface area contributed by atoms with Gasteiger partial charge in [-0.25, -0.2) is 0 Å². The fourth-order valence-electron chi connectivity index (χ4n) is 3.71. The molecule has 3 heterocycles. The van der Waals surface area contributed by atoms with E-state index in [2.05, 4.69) is 17.3 Å². The van der Waals surface area contributed by atoms with Crippen LogP contribution in [0.2, 0.25) is 0 Å². The number of amides is 2. The summed E-state index contributed by atoms with van der Waals surface area (Å²) in [6, 6.07) is 0.0927. The normalized spacial score (nSPS) is 29.0. The molecule has 7 heteroatoms. The Bertz CT molecular complexity index is 599. The zero-order valence-corrected chi connectivity index (χ0v) is 14.0. The molecule has 1 aromatic heterocycles. The number of nitrogens with one attached hydrogen (secondary N) is 1. The zero-order chi connectivity index (χ0) is 16.6. The van der Waals surface area contributed by atoms with E-state index in [0.717, 1.165) is 25.2 Å². The minimum atomic E-state index is -0.220. The molecule has 126 valence electrons. The molecular formula is C16H25N5O2. The molecule has 2 fully saturated rings. The highest BCUT2D eigenvalue weighted by Gasteiger charge is 2.41. The predicted octanol–water partition coefficient (Wildman–Crippen LogP) is 0.150. The van der Waals surface area contributed by atoms with Crippen molar-refractivity contribution in [1.82, 2.24) is 24.9 Å². The predicted molar refractivity (Wildman–Crippen MR) is 85.5 cm³/mol. The molecule has 0 saturated carbocycles. The van der Waals surface area contributed by atoms with Gasteiger partial charge in [0.15, 0.2) is 0 Å². The summed E-state index contributed by atoms with van der Waals surface area (Å²) in [6.07, 6.45) is 4.71. The lowest BCUT2D eigenvalue weighted by molar-refractivity contribution is -0.147. The van der Waals surface area contributed by atoms with Crippen molar-refractivity contribution in [1.29, 1.82) is 0 Å². The second-order valence-electron chi connectivity index (χ2n) is 6.68. The molecule has 3 rings (SSSR count). The first-order chi connectivity index (χ1) is 11.0. The fraction of sp³-hybridized carbons (Fsp3) is 0.688. The van der Waals surface area contributed by atoms with Crippen molar-refractivity contribution >= 4 is 11.8 Å². The summed E-state index contributed by atoms with van der Waals surface area (Å²) in [4.78, 5) is 28.9. The molecule has 1 N–H and O–H groups in total. The monoisotopic (exact) mass is 319 g/mol. The minimum Gasteiger partial charge on any atom is -0.340 e. The lowest BCUT2D eigenvalue weighted by atomic mass is 9.84. The molecule has 0 bridgehead atoms. The fourth-order valence-corrected chi connectivity index (χ4v) is 3.71. The summed E-state index contributed by atoms with van der Waals surface area (Å²) in [5, 5.41) is 7.57. The number of piperazine rings is 1. The first-order valence-electron chi connectivity index (χ1n) is 8.23. The Morgan fingerprint density at radius 3 is 2.83 bits per heavy atom. The molecule has 2 amide bonds. The topological polar surface area (TPSA) is 70.5 Å². The highest BCUT2D eigenvalue weighted by molar-refractivity contribution is 5.85. The van der Waals surface area contributed by atoms with Crippen molar-refractivity contribution in [2.75, 3.05) is 26.7 Å². The number of carbonyl (C=O) groups excluding carboxylic acids is 2. The van der Waals surface area contributed by atoms with Gasteiger partial charge in [0, 0.05) is 58.0 Å². The third-order valence-corrected chi connectivity index (χ3v) is 4.92. The summed E-state index contributed by atoms with van der Waals surface area (Å²) in [5.74, 6) is 0.0651. The summed E-state index contributed by atoms with van der Waals surface area (Å²) < 4.78 is 1.72. The standard InChI is InChI=1S/C16H25N5O2/c1-11-9-21(7-6-17-11)16(23)13-4-5-14(22)20(3)15(13)12-8-18-19(2)10-12/h8,10-11,13,15,17H,4-7,9H2,1-3H3/t11-,13-,15-/m1/s1. The third kappa shape index (κ3) is 3.10. The molecule has 2 aliphatic heterocycles. The Morgan fingerprint density at radius 1 is 1.39 bits per heavy atom. The molecule has 2 aliphatic rings. The van der Waals surface area contributed by atoms with E-state index < -0.39 is 0 Å². The van der Waals surface area contributed by atoms with E-state index in [1.807, 2.05) is 18.1 Å². The molecular weight excluding hydrogens is 294 g/mol. The Hall–Kier alpha value is -1.89. The van der Waals surface area contributed by atoms with Gasteiger partial charge in [-0.1, -0.05) is 0 Å². The number of hydrogen-bond acceptors (Lipinski definition) is 4. The number of rotatable bonds is 2. The highest BCUT2D eigenvalue weighted by Crippen LogP contribution is 2.36. The van der Waals surface area contributed by atoms with Crippen molar-refractivity contribution in [2.45, 2.75) is 31.8 Å². The number of carbonyl (C=O) groups is 2. The minimum absolute atomic E-state index is 0.0941. The van der Waals surface area contributed by atoms with Crippen molar-refractivity contribution < 1.29 is 9.59 Å². The summed E-state index contributed by atoms with van der Waals surface area (Å²) in [6.45, 7) is 4.38. The van der Waals surface area contributed by atoms with E-state index >= 15 is 0 Å². The van der Waals surface area contributed by atoms with Crippen LogP contribution in [0.15, 0.2) is 12.4 Å². The van der Waals surface area contributed by atoms with E-state index in [-0.39, 0.29) is 23.8 Å². The van der Waals surface area contributed by atoms with Crippen LogP contribution in [0.4, 0.5) is 0 Å². The molecule has 2 saturated heterocycles. The van der Waals surface area contributed by atoms with Crippen molar-refractivity contribution in [3.05, 3.63) is 18.0 Å².